The summed E-state index contributed by atoms with van der Waals surface area (Å²) in [4.78, 5) is 0. The molecule has 196 valence electrons. The van der Waals surface area contributed by atoms with E-state index in [-0.39, 0.29) is 16.0 Å². The van der Waals surface area contributed by atoms with Gasteiger partial charge in [0.15, 0.2) is 0 Å². The van der Waals surface area contributed by atoms with Crippen LogP contribution in [-0.4, -0.2) is 55.6 Å². The summed E-state index contributed by atoms with van der Waals surface area (Å²) < 4.78 is 11.7. The van der Waals surface area contributed by atoms with E-state index in [1.165, 1.54) is 10.6 Å². The SMILES string of the molecule is C[Si](C)(C)N[P+](c1ccccc1)(c1ccccc1)[CH]1[As][N]([Si](C)(C)C)[Sb]1([c]1ccccc1)[c]1ccccc1. The van der Waals surface area contributed by atoms with E-state index in [2.05, 4.69) is 167 Å². The quantitative estimate of drug-likeness (QED) is 0.194. The fourth-order valence-corrected chi connectivity index (χ4v) is 72.8. The van der Waals surface area contributed by atoms with Gasteiger partial charge in [0.05, 0.1) is 0 Å². The van der Waals surface area contributed by atoms with Crippen LogP contribution in [0.2, 0.25) is 39.3 Å². The Morgan fingerprint density at radius 3 is 1.32 bits per heavy atom. The average molecular weight is 725 g/mol. The minimum atomic E-state index is -3.30. The van der Waals surface area contributed by atoms with Crippen LogP contribution in [0.5, 0.6) is 0 Å². The zero-order valence-electron chi connectivity index (χ0n) is 23.4. The van der Waals surface area contributed by atoms with Gasteiger partial charge in [0, 0.05) is 0 Å². The zero-order chi connectivity index (χ0) is 27.0. The van der Waals surface area contributed by atoms with Gasteiger partial charge in [0.25, 0.3) is 0 Å². The molecule has 1 fully saturated rings. The summed E-state index contributed by atoms with van der Waals surface area (Å²) in [7, 11) is -5.25. The van der Waals surface area contributed by atoms with Crippen molar-refractivity contribution < 1.29 is 0 Å². The molecule has 0 amide bonds. The average Bonchev–Trinajstić information content (AvgIpc) is 2.89. The summed E-state index contributed by atoms with van der Waals surface area (Å²) in [5, 5.41) is 3.07. The molecule has 4 aromatic carbocycles. The molecule has 1 heterocycles. The van der Waals surface area contributed by atoms with Crippen LogP contribution in [0.1, 0.15) is 0 Å². The second-order valence-electron chi connectivity index (χ2n) is 12.0. The van der Waals surface area contributed by atoms with Crippen LogP contribution in [0.4, 0.5) is 0 Å². The van der Waals surface area contributed by atoms with Gasteiger partial charge in [-0.1, -0.05) is 0 Å². The summed E-state index contributed by atoms with van der Waals surface area (Å²) in [5.74, 6) is 0. The Morgan fingerprint density at radius 1 is 0.605 bits per heavy atom. The van der Waals surface area contributed by atoms with Crippen molar-refractivity contribution in [3.8, 4) is 0 Å². The predicted molar refractivity (Wildman–Crippen MR) is 178 cm³/mol. The minimum absolute atomic E-state index is 0.0255. The molecule has 0 spiro atoms. The van der Waals surface area contributed by atoms with E-state index >= 15 is 0 Å². The molecule has 1 atom stereocenters. The molecule has 1 aliphatic rings. The van der Waals surface area contributed by atoms with Crippen molar-refractivity contribution in [2.75, 3.05) is 0 Å². The molecule has 4 aromatic rings. The van der Waals surface area contributed by atoms with Gasteiger partial charge in [-0.15, -0.1) is 0 Å². The van der Waals surface area contributed by atoms with Gasteiger partial charge in [0.2, 0.25) is 0 Å². The molecule has 1 unspecified atom stereocenters. The summed E-state index contributed by atoms with van der Waals surface area (Å²) in [6, 6.07) is 46.7. The van der Waals surface area contributed by atoms with E-state index in [0.717, 1.165) is 0 Å². The molecule has 2 nitrogen and oxygen atoms in total. The first-order valence-electron chi connectivity index (χ1n) is 13.4. The second-order valence-corrected chi connectivity index (χ2v) is 45.8. The Labute approximate surface area is 244 Å². The maximum atomic E-state index is 4.58. The zero-order valence-corrected chi connectivity index (χ0v) is 30.7. The van der Waals surface area contributed by atoms with E-state index in [1.54, 1.807) is 7.02 Å². The van der Waals surface area contributed by atoms with Crippen LogP contribution in [0.25, 0.3) is 0 Å². The van der Waals surface area contributed by atoms with Crippen LogP contribution in [-0.2, 0) is 0 Å². The van der Waals surface area contributed by atoms with E-state index in [1.807, 2.05) is 0 Å². The molecule has 1 saturated heterocycles. The Bertz CT molecular complexity index is 1190. The van der Waals surface area contributed by atoms with Gasteiger partial charge in [-0.05, 0) is 0 Å². The number of nitrogens with one attached hydrogen (secondary N) is 1. The first kappa shape index (κ1) is 28.6. The number of benzene rings is 4. The number of hydrogen-bond donors (Lipinski definition) is 1. The molecule has 0 aliphatic carbocycles. The Hall–Kier alpha value is -0.960. The van der Waals surface area contributed by atoms with Gasteiger partial charge < -0.3 is 0 Å². The Kier molecular flexibility index (Phi) is 8.37. The molecule has 1 aliphatic heterocycles. The molecule has 2 radical (unpaired) electrons. The Morgan fingerprint density at radius 2 is 0.974 bits per heavy atom. The van der Waals surface area contributed by atoms with E-state index < -0.39 is 43.0 Å². The molecular weight excluding hydrogens is 684 g/mol. The molecule has 7 heteroatoms. The molecule has 38 heavy (non-hydrogen) atoms. The third-order valence-electron chi connectivity index (χ3n) is 6.93. The summed E-state index contributed by atoms with van der Waals surface area (Å²) in [6.07, 6.45) is 0. The molecule has 0 aromatic heterocycles. The molecule has 5 rings (SSSR count). The van der Waals surface area contributed by atoms with E-state index in [9.17, 15) is 0 Å². The van der Waals surface area contributed by atoms with Gasteiger partial charge in [-0.25, -0.2) is 0 Å². The van der Waals surface area contributed by atoms with Crippen molar-refractivity contribution in [1.82, 2.24) is 6.39 Å². The first-order chi connectivity index (χ1) is 18.1. The van der Waals surface area contributed by atoms with Crippen LogP contribution in [0.3, 0.4) is 0 Å². The topological polar surface area (TPSA) is 15.3 Å². The number of nitrogens with zero attached hydrogens (tertiary/aromatic N) is 1. The van der Waals surface area contributed by atoms with Crippen LogP contribution in [0.15, 0.2) is 121 Å². The van der Waals surface area contributed by atoms with E-state index in [4.69, 9.17) is 0 Å². The van der Waals surface area contributed by atoms with Gasteiger partial charge in [0.1, 0.15) is 0 Å². The van der Waals surface area contributed by atoms with Gasteiger partial charge in [-0.3, -0.25) is 0 Å². The van der Waals surface area contributed by atoms with Crippen LogP contribution < -0.4 is 22.4 Å². The van der Waals surface area contributed by atoms with Crippen molar-refractivity contribution >= 4 is 76.6 Å². The van der Waals surface area contributed by atoms with Crippen molar-refractivity contribution in [2.24, 2.45) is 0 Å². The summed E-state index contributed by atoms with van der Waals surface area (Å²) in [5.41, 5.74) is 0. The van der Waals surface area contributed by atoms with Gasteiger partial charge in [-0.2, -0.15) is 0 Å². The molecular formula is C31H40AsN2PSbSi2+. The first-order valence-corrected chi connectivity index (χ1v) is 29.3. The van der Waals surface area contributed by atoms with E-state index in [0.29, 0.717) is 2.39 Å². The monoisotopic (exact) mass is 723 g/mol. The molecule has 1 N–H and O–H groups in total. The second kappa shape index (κ2) is 11.1. The maximum absolute atomic E-state index is 4.58. The van der Waals surface area contributed by atoms with Crippen LogP contribution >= 0.6 is 7.41 Å². The Balaban J connectivity index is 1.90. The van der Waals surface area contributed by atoms with Crippen molar-refractivity contribution in [3.63, 3.8) is 0 Å². The van der Waals surface area contributed by atoms with Gasteiger partial charge >= 0.3 is 246 Å². The molecule has 0 bridgehead atoms. The predicted octanol–water partition coefficient (Wildman–Crippen LogP) is 5.39. The number of rotatable bonds is 8. The van der Waals surface area contributed by atoms with Crippen molar-refractivity contribution in [3.05, 3.63) is 121 Å². The summed E-state index contributed by atoms with van der Waals surface area (Å²) >= 11 is -3.28. The van der Waals surface area contributed by atoms with Crippen molar-refractivity contribution in [2.45, 2.75) is 41.7 Å². The third-order valence-corrected chi connectivity index (χ3v) is 57.1. The third kappa shape index (κ3) is 5.12. The standard InChI is InChI=1S/C19H30AsN2PSi2.2C6H5.Sb/c1-24(2,3)21-20-17-23(22-25(4,5)6,18-13-9-7-10-14-18)19-15-11-8-12-16-19;2*1-2-4-6-5-3-1;/h7-17,22H,1-6H3;2*1-5H;/q;;;+1. The normalized spacial score (nSPS) is 18.7. The van der Waals surface area contributed by atoms with Crippen molar-refractivity contribution in [1.29, 1.82) is 0 Å². The fourth-order valence-electron chi connectivity index (χ4n) is 5.68. The molecule has 0 saturated carbocycles. The fraction of sp³-hybridized carbons (Fsp3) is 0.226. The summed E-state index contributed by atoms with van der Waals surface area (Å²) in [6.45, 7) is 15.3. The number of hydrogen-bond acceptors (Lipinski definition) is 2. The van der Waals surface area contributed by atoms with Crippen LogP contribution in [0, 0.1) is 0 Å².